The van der Waals surface area contributed by atoms with E-state index in [-0.39, 0.29) is 16.7 Å². The molecule has 0 saturated carbocycles. The normalized spacial score (nSPS) is 11.2. The number of nitrogens with one attached hydrogen (secondary N) is 1. The Morgan fingerprint density at radius 2 is 1.67 bits per heavy atom. The molecule has 0 fully saturated rings. The van der Waals surface area contributed by atoms with Crippen LogP contribution in [0.15, 0.2) is 60.7 Å². The Hall–Kier alpha value is -4.29. The van der Waals surface area contributed by atoms with Crippen LogP contribution >= 0.6 is 11.6 Å². The van der Waals surface area contributed by atoms with Gasteiger partial charge in [-0.15, -0.1) is 0 Å². The molecule has 1 N–H and O–H groups in total. The Morgan fingerprint density at radius 3 is 2.22 bits per heavy atom. The molecule has 0 unspecified atom stereocenters. The third-order valence-electron chi connectivity index (χ3n) is 5.40. The van der Waals surface area contributed by atoms with Crippen LogP contribution in [0.5, 0.6) is 0 Å². The molecule has 3 aromatic carbocycles. The molecule has 2 amide bonds. The van der Waals surface area contributed by atoms with Crippen molar-refractivity contribution in [2.75, 3.05) is 14.2 Å². The second kappa shape index (κ2) is 11.4. The Balaban J connectivity index is 1.83. The quantitative estimate of drug-likeness (QED) is 0.289. The van der Waals surface area contributed by atoms with E-state index in [1.165, 1.54) is 38.4 Å². The predicted molar refractivity (Wildman–Crippen MR) is 128 cm³/mol. The van der Waals surface area contributed by atoms with Gasteiger partial charge in [-0.3, -0.25) is 14.5 Å². The maximum atomic E-state index is 14.2. The minimum Gasteiger partial charge on any atom is -0.465 e. The van der Waals surface area contributed by atoms with E-state index >= 15 is 0 Å². The molecular formula is C26H20ClF2N3O4. The number of amides is 2. The summed E-state index contributed by atoms with van der Waals surface area (Å²) in [6, 6.07) is 12.7. The van der Waals surface area contributed by atoms with Gasteiger partial charge < -0.3 is 10.1 Å². The number of ether oxygens (including phenoxy) is 1. The first-order valence-corrected chi connectivity index (χ1v) is 10.9. The van der Waals surface area contributed by atoms with Gasteiger partial charge in [0.2, 0.25) is 0 Å². The van der Waals surface area contributed by atoms with E-state index < -0.39 is 41.9 Å². The number of benzene rings is 3. The third-order valence-corrected chi connectivity index (χ3v) is 5.71. The smallest absolute Gasteiger partial charge is 0.337 e. The molecule has 0 heterocycles. The molecule has 10 heteroatoms. The second-order valence-corrected chi connectivity index (χ2v) is 8.10. The lowest BCUT2D eigenvalue weighted by atomic mass is 10.0. The van der Waals surface area contributed by atoms with Crippen molar-refractivity contribution in [3.05, 3.63) is 94.0 Å². The molecule has 0 aliphatic carbocycles. The Labute approximate surface area is 210 Å². The van der Waals surface area contributed by atoms with Gasteiger partial charge in [-0.25, -0.2) is 13.6 Å². The largest absolute Gasteiger partial charge is 0.465 e. The van der Waals surface area contributed by atoms with Crippen molar-refractivity contribution in [1.29, 1.82) is 5.26 Å². The Morgan fingerprint density at radius 1 is 1.06 bits per heavy atom. The van der Waals surface area contributed by atoms with Gasteiger partial charge in [0.25, 0.3) is 11.8 Å². The van der Waals surface area contributed by atoms with Crippen LogP contribution in [0, 0.1) is 23.1 Å². The number of carbonyl (C=O) groups excluding carboxylic acids is 3. The van der Waals surface area contributed by atoms with Gasteiger partial charge in [0.1, 0.15) is 17.7 Å². The van der Waals surface area contributed by atoms with Crippen LogP contribution in [-0.2, 0) is 16.0 Å². The molecule has 184 valence electrons. The van der Waals surface area contributed by atoms with E-state index in [1.54, 1.807) is 30.5 Å². The summed E-state index contributed by atoms with van der Waals surface area (Å²) in [5.41, 5.74) is 1.31. The summed E-state index contributed by atoms with van der Waals surface area (Å²) < 4.78 is 33.0. The van der Waals surface area contributed by atoms with Crippen LogP contribution in [0.3, 0.4) is 0 Å². The minimum atomic E-state index is -1.39. The van der Waals surface area contributed by atoms with Crippen LogP contribution in [-0.4, -0.2) is 42.9 Å². The SMILES string of the molecule is COC(=O)c1ccc(-c2ccc(C(=O)N[C@@H](Cc3c(F)cccc3F)C(=O)N(C)C#N)cc2)c(Cl)c1. The Kier molecular flexibility index (Phi) is 8.35. The first-order chi connectivity index (χ1) is 17.2. The summed E-state index contributed by atoms with van der Waals surface area (Å²) in [7, 11) is 2.44. The highest BCUT2D eigenvalue weighted by atomic mass is 35.5. The molecule has 0 aliphatic rings. The monoisotopic (exact) mass is 511 g/mol. The molecule has 36 heavy (non-hydrogen) atoms. The highest BCUT2D eigenvalue weighted by Crippen LogP contribution is 2.29. The van der Waals surface area contributed by atoms with E-state index in [1.807, 2.05) is 0 Å². The van der Waals surface area contributed by atoms with Crippen molar-refractivity contribution >= 4 is 29.4 Å². The number of hydrogen-bond donors (Lipinski definition) is 1. The van der Waals surface area contributed by atoms with E-state index in [0.29, 0.717) is 21.0 Å². The standard InChI is InChI=1S/C26H20ClF2N3O4/c1-32(14-30)25(34)23(13-19-21(28)4-3-5-22(19)29)31-24(33)16-8-6-15(7-9-16)18-11-10-17(12-20(18)27)26(35)36-2/h3-12,23H,13H2,1-2H3,(H,31,33)/t23-/m0/s1. The summed E-state index contributed by atoms with van der Waals surface area (Å²) in [4.78, 5) is 37.9. The van der Waals surface area contributed by atoms with E-state index in [9.17, 15) is 23.2 Å². The van der Waals surface area contributed by atoms with E-state index in [4.69, 9.17) is 16.9 Å². The molecule has 7 nitrogen and oxygen atoms in total. The van der Waals surface area contributed by atoms with Crippen LogP contribution in [0.1, 0.15) is 26.3 Å². The molecule has 3 aromatic rings. The van der Waals surface area contributed by atoms with Crippen molar-refractivity contribution in [3.8, 4) is 17.3 Å². The number of nitrogens with zero attached hydrogens (tertiary/aromatic N) is 2. The maximum Gasteiger partial charge on any atom is 0.337 e. The van der Waals surface area contributed by atoms with Crippen molar-refractivity contribution in [1.82, 2.24) is 10.2 Å². The van der Waals surface area contributed by atoms with Crippen molar-refractivity contribution in [2.24, 2.45) is 0 Å². The number of carbonyl (C=O) groups is 3. The van der Waals surface area contributed by atoms with Gasteiger partial charge in [0.05, 0.1) is 12.7 Å². The third kappa shape index (κ3) is 5.85. The Bertz CT molecular complexity index is 1340. The fourth-order valence-electron chi connectivity index (χ4n) is 3.45. The zero-order valence-corrected chi connectivity index (χ0v) is 20.0. The topological polar surface area (TPSA) is 99.5 Å². The molecular weight excluding hydrogens is 492 g/mol. The average molecular weight is 512 g/mol. The second-order valence-electron chi connectivity index (χ2n) is 7.69. The van der Waals surface area contributed by atoms with E-state index in [0.717, 1.165) is 12.1 Å². The number of hydrogen-bond acceptors (Lipinski definition) is 5. The summed E-state index contributed by atoms with van der Waals surface area (Å²) >= 11 is 6.30. The van der Waals surface area contributed by atoms with Crippen LogP contribution in [0.4, 0.5) is 8.78 Å². The number of halogens is 3. The molecule has 0 bridgehead atoms. The molecule has 0 spiro atoms. The fourth-order valence-corrected chi connectivity index (χ4v) is 3.74. The predicted octanol–water partition coefficient (Wildman–Crippen LogP) is 4.35. The van der Waals surface area contributed by atoms with Crippen LogP contribution in [0.2, 0.25) is 5.02 Å². The highest BCUT2D eigenvalue weighted by Gasteiger charge is 2.27. The highest BCUT2D eigenvalue weighted by molar-refractivity contribution is 6.33. The summed E-state index contributed by atoms with van der Waals surface area (Å²) in [5.74, 6) is -3.79. The van der Waals surface area contributed by atoms with Gasteiger partial charge in [-0.1, -0.05) is 35.9 Å². The average Bonchev–Trinajstić information content (AvgIpc) is 2.88. The molecule has 0 aromatic heterocycles. The molecule has 3 rings (SSSR count). The number of nitriles is 1. The summed E-state index contributed by atoms with van der Waals surface area (Å²) in [6.45, 7) is 0. The molecule has 0 radical (unpaired) electrons. The lowest BCUT2D eigenvalue weighted by Gasteiger charge is -2.21. The van der Waals surface area contributed by atoms with E-state index in [2.05, 4.69) is 10.1 Å². The number of rotatable bonds is 7. The number of likely N-dealkylation sites (N-methyl/N-ethyl adjacent to an activating group) is 1. The maximum absolute atomic E-state index is 14.2. The molecule has 0 saturated heterocycles. The number of esters is 1. The number of methoxy groups -OCH3 is 1. The fraction of sp³-hybridized carbons (Fsp3) is 0.154. The minimum absolute atomic E-state index is 0.160. The lowest BCUT2D eigenvalue weighted by Crippen LogP contribution is -2.47. The van der Waals surface area contributed by atoms with Crippen molar-refractivity contribution in [3.63, 3.8) is 0 Å². The van der Waals surface area contributed by atoms with Crippen molar-refractivity contribution < 1.29 is 27.9 Å². The molecule has 0 aliphatic heterocycles. The lowest BCUT2D eigenvalue weighted by molar-refractivity contribution is -0.129. The zero-order valence-electron chi connectivity index (χ0n) is 19.2. The van der Waals surface area contributed by atoms with Gasteiger partial charge in [-0.05, 0) is 42.0 Å². The van der Waals surface area contributed by atoms with Gasteiger partial charge in [0.15, 0.2) is 6.19 Å². The summed E-state index contributed by atoms with van der Waals surface area (Å²) in [5, 5.41) is 11.8. The summed E-state index contributed by atoms with van der Waals surface area (Å²) in [6.07, 6.45) is 1.13. The van der Waals surface area contributed by atoms with Crippen molar-refractivity contribution in [2.45, 2.75) is 12.5 Å². The van der Waals surface area contributed by atoms with Crippen LogP contribution in [0.25, 0.3) is 11.1 Å². The van der Waals surface area contributed by atoms with Gasteiger partial charge in [0, 0.05) is 35.2 Å². The van der Waals surface area contributed by atoms with Crippen LogP contribution < -0.4 is 5.32 Å². The van der Waals surface area contributed by atoms with Gasteiger partial charge >= 0.3 is 5.97 Å². The first-order valence-electron chi connectivity index (χ1n) is 10.6. The molecule has 1 atom stereocenters. The first kappa shape index (κ1) is 26.3. The van der Waals surface area contributed by atoms with Gasteiger partial charge in [-0.2, -0.15) is 5.26 Å². The zero-order chi connectivity index (χ0) is 26.4.